The molecule has 1 aromatic heterocycles. The number of anilines is 1. The molecule has 0 aliphatic heterocycles. The molecule has 0 radical (unpaired) electrons. The summed E-state index contributed by atoms with van der Waals surface area (Å²) in [5, 5.41) is 6.77. The summed E-state index contributed by atoms with van der Waals surface area (Å²) in [7, 11) is 0. The number of rotatable bonds is 6. The number of amides is 1. The Kier molecular flexibility index (Phi) is 6.14. The molecule has 5 nitrogen and oxygen atoms in total. The average molecular weight is 465 g/mol. The molecule has 166 valence electrons. The summed E-state index contributed by atoms with van der Waals surface area (Å²) in [6, 6.07) is 31.2. The van der Waals surface area contributed by atoms with Crippen molar-refractivity contribution in [3.05, 3.63) is 108 Å². The van der Waals surface area contributed by atoms with Gasteiger partial charge >= 0.3 is 5.97 Å². The molecule has 0 saturated carbocycles. The van der Waals surface area contributed by atoms with Gasteiger partial charge in [-0.25, -0.2) is 9.78 Å². The third-order valence-electron chi connectivity index (χ3n) is 5.38. The Morgan fingerprint density at radius 3 is 2.26 bits per heavy atom. The number of nitrogens with zero attached hydrogens (tertiary/aromatic N) is 1. The highest BCUT2D eigenvalue weighted by Crippen LogP contribution is 2.27. The Morgan fingerprint density at radius 2 is 1.44 bits per heavy atom. The van der Waals surface area contributed by atoms with Crippen molar-refractivity contribution in [2.45, 2.75) is 0 Å². The van der Waals surface area contributed by atoms with Crippen LogP contribution in [-0.2, 0) is 9.53 Å². The number of nitrogens with one attached hydrogen (secondary N) is 1. The highest BCUT2D eigenvalue weighted by Gasteiger charge is 2.14. The van der Waals surface area contributed by atoms with E-state index in [-0.39, 0.29) is 6.61 Å². The molecular weight excluding hydrogens is 444 g/mol. The Balaban J connectivity index is 1.20. The monoisotopic (exact) mass is 464 g/mol. The maximum absolute atomic E-state index is 12.5. The Labute approximate surface area is 200 Å². The van der Waals surface area contributed by atoms with Gasteiger partial charge < -0.3 is 4.74 Å². The Bertz CT molecular complexity index is 1460. The Morgan fingerprint density at radius 1 is 0.765 bits per heavy atom. The molecule has 6 heteroatoms. The molecule has 34 heavy (non-hydrogen) atoms. The van der Waals surface area contributed by atoms with Gasteiger partial charge in [-0.2, -0.15) is 0 Å². The minimum Gasteiger partial charge on any atom is -0.452 e. The van der Waals surface area contributed by atoms with Crippen molar-refractivity contribution in [3.8, 4) is 22.4 Å². The maximum Gasteiger partial charge on any atom is 0.339 e. The van der Waals surface area contributed by atoms with Crippen molar-refractivity contribution in [1.29, 1.82) is 0 Å². The number of aromatic nitrogens is 1. The number of benzene rings is 4. The van der Waals surface area contributed by atoms with Gasteiger partial charge in [0.05, 0.1) is 11.3 Å². The van der Waals surface area contributed by atoms with Gasteiger partial charge in [0.15, 0.2) is 11.7 Å². The van der Waals surface area contributed by atoms with Gasteiger partial charge in [0.1, 0.15) is 0 Å². The van der Waals surface area contributed by atoms with Gasteiger partial charge in [0, 0.05) is 10.9 Å². The number of ether oxygens (including phenoxy) is 1. The van der Waals surface area contributed by atoms with Crippen LogP contribution in [0, 0.1) is 0 Å². The van der Waals surface area contributed by atoms with E-state index in [0.717, 1.165) is 33.2 Å². The number of hydrogen-bond donors (Lipinski definition) is 1. The molecule has 0 aliphatic rings. The zero-order valence-electron chi connectivity index (χ0n) is 18.1. The third-order valence-corrected chi connectivity index (χ3v) is 6.14. The molecule has 5 rings (SSSR count). The van der Waals surface area contributed by atoms with E-state index in [2.05, 4.69) is 34.6 Å². The lowest BCUT2D eigenvalue weighted by atomic mass is 10.0. The molecule has 1 amide bonds. The van der Waals surface area contributed by atoms with Crippen LogP contribution in [0.1, 0.15) is 10.4 Å². The molecule has 0 fully saturated rings. The van der Waals surface area contributed by atoms with Gasteiger partial charge in [-0.05, 0) is 28.0 Å². The van der Waals surface area contributed by atoms with Crippen LogP contribution >= 0.6 is 11.3 Å². The molecule has 1 N–H and O–H groups in total. The lowest BCUT2D eigenvalue weighted by molar-refractivity contribution is -0.119. The predicted octanol–water partition coefficient (Wildman–Crippen LogP) is 6.43. The van der Waals surface area contributed by atoms with Gasteiger partial charge in [0.2, 0.25) is 0 Å². The highest BCUT2D eigenvalue weighted by atomic mass is 32.1. The molecule has 0 bridgehead atoms. The van der Waals surface area contributed by atoms with Crippen molar-refractivity contribution in [1.82, 2.24) is 4.98 Å². The summed E-state index contributed by atoms with van der Waals surface area (Å²) in [5.74, 6) is -0.973. The Hall–Kier alpha value is -4.29. The molecular formula is C28H20N2O3S. The zero-order valence-corrected chi connectivity index (χ0v) is 18.9. The maximum atomic E-state index is 12.5. The topological polar surface area (TPSA) is 68.3 Å². The fourth-order valence-electron chi connectivity index (χ4n) is 3.70. The smallest absolute Gasteiger partial charge is 0.339 e. The highest BCUT2D eigenvalue weighted by molar-refractivity contribution is 7.14. The molecule has 0 aliphatic carbocycles. The summed E-state index contributed by atoms with van der Waals surface area (Å²) in [4.78, 5) is 29.4. The minimum absolute atomic E-state index is 0.386. The summed E-state index contributed by atoms with van der Waals surface area (Å²) < 4.78 is 5.24. The van der Waals surface area contributed by atoms with E-state index in [1.807, 2.05) is 66.0 Å². The van der Waals surface area contributed by atoms with Crippen molar-refractivity contribution >= 4 is 39.1 Å². The van der Waals surface area contributed by atoms with Crippen molar-refractivity contribution < 1.29 is 14.3 Å². The first kappa shape index (κ1) is 21.6. The standard InChI is InChI=1S/C28H20N2O3S/c31-26(17-33-27(32)24-12-6-10-21-9-4-5-11-23(21)24)30-28-29-25(18-34-28)22-15-13-20(14-16-22)19-7-2-1-3-8-19/h1-16,18H,17H2,(H,29,30,31). The summed E-state index contributed by atoms with van der Waals surface area (Å²) in [6.07, 6.45) is 0. The molecule has 0 saturated heterocycles. The normalized spacial score (nSPS) is 10.7. The third kappa shape index (κ3) is 4.72. The fraction of sp³-hybridized carbons (Fsp3) is 0.0357. The lowest BCUT2D eigenvalue weighted by Gasteiger charge is -2.07. The van der Waals surface area contributed by atoms with Crippen LogP contribution in [0.15, 0.2) is 102 Å². The minimum atomic E-state index is -0.537. The van der Waals surface area contributed by atoms with E-state index in [4.69, 9.17) is 4.74 Å². The number of fused-ring (bicyclic) bond motifs is 1. The first-order valence-corrected chi connectivity index (χ1v) is 11.6. The first-order valence-electron chi connectivity index (χ1n) is 10.7. The second-order valence-corrected chi connectivity index (χ2v) is 8.49. The first-order chi connectivity index (χ1) is 16.7. The molecule has 5 aromatic rings. The van der Waals surface area contributed by atoms with Crippen LogP contribution in [-0.4, -0.2) is 23.5 Å². The predicted molar refractivity (Wildman–Crippen MR) is 136 cm³/mol. The number of carbonyl (C=O) groups is 2. The SMILES string of the molecule is O=C(COC(=O)c1cccc2ccccc12)Nc1nc(-c2ccc(-c3ccccc3)cc2)cs1. The van der Waals surface area contributed by atoms with Crippen molar-refractivity contribution in [2.24, 2.45) is 0 Å². The van der Waals surface area contributed by atoms with Gasteiger partial charge in [-0.3, -0.25) is 10.1 Å². The van der Waals surface area contributed by atoms with Crippen LogP contribution in [0.25, 0.3) is 33.2 Å². The quantitative estimate of drug-likeness (QED) is 0.294. The summed E-state index contributed by atoms with van der Waals surface area (Å²) in [5.41, 5.74) is 4.44. The second kappa shape index (κ2) is 9.68. The van der Waals surface area contributed by atoms with E-state index in [0.29, 0.717) is 10.7 Å². The lowest BCUT2D eigenvalue weighted by Crippen LogP contribution is -2.21. The fourth-order valence-corrected chi connectivity index (χ4v) is 4.43. The van der Waals surface area contributed by atoms with Gasteiger partial charge in [0.25, 0.3) is 5.91 Å². The average Bonchev–Trinajstić information content (AvgIpc) is 3.36. The molecule has 0 unspecified atom stereocenters. The molecule has 1 heterocycles. The summed E-state index contributed by atoms with van der Waals surface area (Å²) in [6.45, 7) is -0.386. The van der Waals surface area contributed by atoms with Crippen LogP contribution in [0.5, 0.6) is 0 Å². The molecule has 0 atom stereocenters. The van der Waals surface area contributed by atoms with Gasteiger partial charge in [-0.15, -0.1) is 11.3 Å². The van der Waals surface area contributed by atoms with E-state index in [9.17, 15) is 9.59 Å². The zero-order chi connectivity index (χ0) is 23.3. The van der Waals surface area contributed by atoms with Gasteiger partial charge in [-0.1, -0.05) is 91.0 Å². The number of esters is 1. The second-order valence-electron chi connectivity index (χ2n) is 7.63. The largest absolute Gasteiger partial charge is 0.452 e. The number of carbonyl (C=O) groups excluding carboxylic acids is 2. The van der Waals surface area contributed by atoms with Crippen molar-refractivity contribution in [3.63, 3.8) is 0 Å². The van der Waals surface area contributed by atoms with E-state index >= 15 is 0 Å². The van der Waals surface area contributed by atoms with E-state index in [1.165, 1.54) is 11.3 Å². The van der Waals surface area contributed by atoms with E-state index in [1.54, 1.807) is 12.1 Å². The molecule has 4 aromatic carbocycles. The van der Waals surface area contributed by atoms with E-state index < -0.39 is 11.9 Å². The van der Waals surface area contributed by atoms with Crippen LogP contribution in [0.2, 0.25) is 0 Å². The molecule has 0 spiro atoms. The van der Waals surface area contributed by atoms with Crippen LogP contribution in [0.3, 0.4) is 0 Å². The van der Waals surface area contributed by atoms with Crippen LogP contribution < -0.4 is 5.32 Å². The summed E-state index contributed by atoms with van der Waals surface area (Å²) >= 11 is 1.32. The van der Waals surface area contributed by atoms with Crippen molar-refractivity contribution in [2.75, 3.05) is 11.9 Å². The number of thiazole rings is 1. The number of hydrogen-bond acceptors (Lipinski definition) is 5. The van der Waals surface area contributed by atoms with Crippen LogP contribution in [0.4, 0.5) is 5.13 Å².